The summed E-state index contributed by atoms with van der Waals surface area (Å²) < 4.78 is 10.6. The summed E-state index contributed by atoms with van der Waals surface area (Å²) in [6, 6.07) is 7.02. The number of carbonyl (C=O) groups excluding carboxylic acids is 2. The third-order valence-corrected chi connectivity index (χ3v) is 4.15. The Labute approximate surface area is 167 Å². The second-order valence-corrected chi connectivity index (χ2v) is 6.17. The van der Waals surface area contributed by atoms with E-state index in [0.717, 1.165) is 6.42 Å². The van der Waals surface area contributed by atoms with Crippen molar-refractivity contribution in [3.63, 3.8) is 0 Å². The summed E-state index contributed by atoms with van der Waals surface area (Å²) in [5.41, 5.74) is 12.7. The molecule has 0 heterocycles. The van der Waals surface area contributed by atoms with Crippen LogP contribution in [0.15, 0.2) is 30.3 Å². The van der Waals surface area contributed by atoms with Gasteiger partial charge in [-0.3, -0.25) is 5.32 Å². The highest BCUT2D eigenvalue weighted by Crippen LogP contribution is 2.40. The van der Waals surface area contributed by atoms with Gasteiger partial charge in [0.05, 0.1) is 25.0 Å². The molecule has 0 saturated heterocycles. The fraction of sp³-hybridized carbons (Fsp3) is 0.211. The van der Waals surface area contributed by atoms with Crippen molar-refractivity contribution in [3.05, 3.63) is 41.5 Å². The van der Waals surface area contributed by atoms with E-state index in [9.17, 15) is 14.7 Å². The predicted octanol–water partition coefficient (Wildman–Crippen LogP) is 2.56. The summed E-state index contributed by atoms with van der Waals surface area (Å²) >= 11 is 5.11. The normalized spacial score (nSPS) is 10.2. The van der Waals surface area contributed by atoms with Crippen molar-refractivity contribution >= 4 is 34.9 Å². The average Bonchev–Trinajstić information content (AvgIpc) is 2.65. The molecule has 0 saturated carbocycles. The summed E-state index contributed by atoms with van der Waals surface area (Å²) in [5.74, 6) is -0.482. The van der Waals surface area contributed by atoms with Gasteiger partial charge in [0.2, 0.25) is 0 Å². The van der Waals surface area contributed by atoms with Gasteiger partial charge in [0, 0.05) is 11.1 Å². The van der Waals surface area contributed by atoms with Crippen molar-refractivity contribution in [1.29, 1.82) is 0 Å². The fourth-order valence-electron chi connectivity index (χ4n) is 2.64. The van der Waals surface area contributed by atoms with Crippen LogP contribution in [0.5, 0.6) is 11.5 Å². The molecule has 0 atom stereocenters. The van der Waals surface area contributed by atoms with Crippen LogP contribution in [0.3, 0.4) is 0 Å². The highest BCUT2D eigenvalue weighted by atomic mass is 32.1. The number of esters is 1. The number of para-hydroxylation sites is 1. The zero-order valence-corrected chi connectivity index (χ0v) is 16.3. The Morgan fingerprint density at radius 2 is 1.93 bits per heavy atom. The SMILES string of the molecule is CCCOc1c(C(=O)OC)cccc1-c1ccc(O)c(C(=S)NC(N)=O)c1N. The first-order chi connectivity index (χ1) is 13.3. The third kappa shape index (κ3) is 4.32. The number of urea groups is 1. The number of nitrogen functional groups attached to an aromatic ring is 1. The lowest BCUT2D eigenvalue weighted by Gasteiger charge is -2.18. The number of rotatable bonds is 6. The molecule has 0 fully saturated rings. The number of amides is 2. The maximum Gasteiger partial charge on any atom is 0.341 e. The zero-order valence-electron chi connectivity index (χ0n) is 15.4. The molecule has 0 aliphatic rings. The van der Waals surface area contributed by atoms with Crippen molar-refractivity contribution in [1.82, 2.24) is 5.32 Å². The van der Waals surface area contributed by atoms with E-state index >= 15 is 0 Å². The van der Waals surface area contributed by atoms with Gasteiger partial charge in [0.25, 0.3) is 0 Å². The van der Waals surface area contributed by atoms with E-state index in [-0.39, 0.29) is 27.6 Å². The minimum atomic E-state index is -0.881. The van der Waals surface area contributed by atoms with E-state index in [1.165, 1.54) is 13.2 Å². The summed E-state index contributed by atoms with van der Waals surface area (Å²) in [5, 5.41) is 12.4. The van der Waals surface area contributed by atoms with Gasteiger partial charge in [-0.1, -0.05) is 31.3 Å². The van der Waals surface area contributed by atoms with Gasteiger partial charge in [-0.2, -0.15) is 0 Å². The molecule has 6 N–H and O–H groups in total. The molecule has 8 nitrogen and oxygen atoms in total. The van der Waals surface area contributed by atoms with Crippen molar-refractivity contribution in [3.8, 4) is 22.6 Å². The lowest BCUT2D eigenvalue weighted by Crippen LogP contribution is -2.34. The Morgan fingerprint density at radius 3 is 2.54 bits per heavy atom. The van der Waals surface area contributed by atoms with Crippen LogP contribution in [0.2, 0.25) is 0 Å². The number of carbonyl (C=O) groups is 2. The molecule has 2 aromatic carbocycles. The van der Waals surface area contributed by atoms with Crippen LogP contribution in [0.4, 0.5) is 10.5 Å². The van der Waals surface area contributed by atoms with Gasteiger partial charge in [-0.25, -0.2) is 9.59 Å². The van der Waals surface area contributed by atoms with Gasteiger partial charge >= 0.3 is 12.0 Å². The maximum atomic E-state index is 12.2. The Balaban J connectivity index is 2.69. The number of ether oxygens (including phenoxy) is 2. The molecule has 0 bridgehead atoms. The van der Waals surface area contributed by atoms with Gasteiger partial charge in [-0.15, -0.1) is 0 Å². The van der Waals surface area contributed by atoms with Crippen LogP contribution >= 0.6 is 12.2 Å². The van der Waals surface area contributed by atoms with Crippen molar-refractivity contribution in [2.45, 2.75) is 13.3 Å². The summed E-state index contributed by atoms with van der Waals surface area (Å²) in [6.45, 7) is 2.30. The topological polar surface area (TPSA) is 137 Å². The van der Waals surface area contributed by atoms with E-state index < -0.39 is 12.0 Å². The highest BCUT2D eigenvalue weighted by Gasteiger charge is 2.22. The molecule has 28 heavy (non-hydrogen) atoms. The van der Waals surface area contributed by atoms with Gasteiger partial charge < -0.3 is 26.0 Å². The Hall–Kier alpha value is -3.33. The van der Waals surface area contributed by atoms with E-state index in [1.54, 1.807) is 24.3 Å². The Bertz CT molecular complexity index is 930. The number of methoxy groups -OCH3 is 1. The lowest BCUT2D eigenvalue weighted by molar-refractivity contribution is 0.0596. The number of thiocarbonyl (C=S) groups is 1. The number of primary amides is 1. The van der Waals surface area contributed by atoms with Crippen LogP contribution in [-0.4, -0.2) is 35.8 Å². The number of benzene rings is 2. The van der Waals surface area contributed by atoms with Crippen LogP contribution in [0, 0.1) is 0 Å². The molecule has 0 spiro atoms. The van der Waals surface area contributed by atoms with Crippen LogP contribution in [0.25, 0.3) is 11.1 Å². The quantitative estimate of drug-likeness (QED) is 0.330. The summed E-state index contributed by atoms with van der Waals surface area (Å²) in [6.07, 6.45) is 0.720. The number of hydrogen-bond acceptors (Lipinski definition) is 7. The molecular weight excluding hydrogens is 382 g/mol. The number of phenolic OH excluding ortho intramolecular Hbond substituents is 1. The minimum Gasteiger partial charge on any atom is -0.507 e. The van der Waals surface area contributed by atoms with E-state index in [0.29, 0.717) is 23.5 Å². The number of nitrogens with two attached hydrogens (primary N) is 2. The second-order valence-electron chi connectivity index (χ2n) is 5.76. The standard InChI is InChI=1S/C19H21N3O5S/c1-3-9-27-16-11(5-4-6-12(16)18(24)26-2)10-7-8-13(23)14(15(10)20)17(28)22-19(21)25/h4-8,23H,3,9,20H2,1-2H3,(H3,21,22,25,28). The number of anilines is 1. The van der Waals surface area contributed by atoms with Gasteiger partial charge in [0.1, 0.15) is 22.1 Å². The molecule has 2 aromatic rings. The molecular formula is C19H21N3O5S. The molecule has 2 rings (SSSR count). The van der Waals surface area contributed by atoms with E-state index in [2.05, 4.69) is 5.32 Å². The zero-order chi connectivity index (χ0) is 20.8. The molecule has 148 valence electrons. The largest absolute Gasteiger partial charge is 0.507 e. The predicted molar refractivity (Wildman–Crippen MR) is 109 cm³/mol. The van der Waals surface area contributed by atoms with Crippen molar-refractivity contribution in [2.75, 3.05) is 19.5 Å². The molecule has 0 radical (unpaired) electrons. The first kappa shape index (κ1) is 21.0. The fourth-order valence-corrected chi connectivity index (χ4v) is 2.95. The van der Waals surface area contributed by atoms with E-state index in [4.69, 9.17) is 33.2 Å². The molecule has 0 unspecified atom stereocenters. The first-order valence-corrected chi connectivity index (χ1v) is 8.79. The summed E-state index contributed by atoms with van der Waals surface area (Å²) in [7, 11) is 1.28. The van der Waals surface area contributed by atoms with Crippen LogP contribution < -0.4 is 21.5 Å². The molecule has 9 heteroatoms. The van der Waals surface area contributed by atoms with Gasteiger partial charge in [0.15, 0.2) is 0 Å². The monoisotopic (exact) mass is 403 g/mol. The first-order valence-electron chi connectivity index (χ1n) is 8.38. The molecule has 0 aliphatic carbocycles. The smallest absolute Gasteiger partial charge is 0.341 e. The average molecular weight is 403 g/mol. The molecule has 0 aliphatic heterocycles. The Kier molecular flexibility index (Phi) is 6.78. The number of hydrogen-bond donors (Lipinski definition) is 4. The van der Waals surface area contributed by atoms with E-state index in [1.807, 2.05) is 6.92 Å². The Morgan fingerprint density at radius 1 is 1.21 bits per heavy atom. The second kappa shape index (κ2) is 9.05. The molecule has 2 amide bonds. The van der Waals surface area contributed by atoms with Crippen molar-refractivity contribution in [2.24, 2.45) is 5.73 Å². The number of aromatic hydroxyl groups is 1. The maximum absolute atomic E-state index is 12.2. The number of phenols is 1. The van der Waals surface area contributed by atoms with Crippen LogP contribution in [-0.2, 0) is 4.74 Å². The third-order valence-electron chi connectivity index (χ3n) is 3.85. The minimum absolute atomic E-state index is 0.0520. The number of nitrogens with one attached hydrogen (secondary N) is 1. The highest BCUT2D eigenvalue weighted by molar-refractivity contribution is 7.80. The summed E-state index contributed by atoms with van der Waals surface area (Å²) in [4.78, 5) is 23.2. The van der Waals surface area contributed by atoms with Crippen LogP contribution in [0.1, 0.15) is 29.3 Å². The molecule has 0 aromatic heterocycles. The van der Waals surface area contributed by atoms with Crippen molar-refractivity contribution < 1.29 is 24.2 Å². The lowest BCUT2D eigenvalue weighted by atomic mass is 9.96. The van der Waals surface area contributed by atoms with Gasteiger partial charge in [-0.05, 0) is 24.6 Å².